The molecular formula is C24H19BrN2O7. The third-order valence-electron chi connectivity index (χ3n) is 5.61. The van der Waals surface area contributed by atoms with Gasteiger partial charge in [-0.1, -0.05) is 17.3 Å². The molecule has 174 valence electrons. The molecule has 0 saturated carbocycles. The van der Waals surface area contributed by atoms with Gasteiger partial charge < -0.3 is 28.5 Å². The summed E-state index contributed by atoms with van der Waals surface area (Å²) in [5.74, 6) is 0.707. The van der Waals surface area contributed by atoms with Crippen molar-refractivity contribution in [3.63, 3.8) is 0 Å². The Hall–Kier alpha value is -3.79. The number of hydrogen-bond acceptors (Lipinski definition) is 8. The molecule has 3 heterocycles. The zero-order chi connectivity index (χ0) is 24.0. The molecule has 10 heteroatoms. The molecule has 4 aromatic rings. The molecule has 1 amide bonds. The van der Waals surface area contributed by atoms with Crippen molar-refractivity contribution in [2.75, 3.05) is 19.5 Å². The zero-order valence-corrected chi connectivity index (χ0v) is 20.0. The van der Waals surface area contributed by atoms with Gasteiger partial charge >= 0.3 is 5.63 Å². The maximum absolute atomic E-state index is 13.4. The van der Waals surface area contributed by atoms with Crippen LogP contribution >= 0.6 is 15.9 Å². The molecular weight excluding hydrogens is 508 g/mol. The highest BCUT2D eigenvalue weighted by Crippen LogP contribution is 2.47. The number of para-hydroxylation sites is 1. The summed E-state index contributed by atoms with van der Waals surface area (Å²) in [5.41, 5.74) is 0.625. The molecule has 1 N–H and O–H groups in total. The van der Waals surface area contributed by atoms with Gasteiger partial charge in [0.15, 0.2) is 23.4 Å². The number of halogens is 1. The van der Waals surface area contributed by atoms with Gasteiger partial charge in [-0.2, -0.15) is 0 Å². The summed E-state index contributed by atoms with van der Waals surface area (Å²) in [5, 5.41) is 7.11. The van der Waals surface area contributed by atoms with Gasteiger partial charge in [0.2, 0.25) is 0 Å². The first kappa shape index (κ1) is 22.0. The molecule has 1 aliphatic rings. The number of rotatable bonds is 5. The second kappa shape index (κ2) is 8.53. The summed E-state index contributed by atoms with van der Waals surface area (Å²) < 4.78 is 28.3. The predicted molar refractivity (Wildman–Crippen MR) is 126 cm³/mol. The van der Waals surface area contributed by atoms with Crippen molar-refractivity contribution in [3.05, 3.63) is 74.2 Å². The minimum atomic E-state index is -1.09. The number of carbonyl (C=O) groups is 1. The Balaban J connectivity index is 1.69. The molecule has 0 radical (unpaired) electrons. The second-order valence-corrected chi connectivity index (χ2v) is 8.55. The van der Waals surface area contributed by atoms with E-state index in [1.54, 1.807) is 49.4 Å². The first-order chi connectivity index (χ1) is 16.4. The Morgan fingerprint density at radius 3 is 2.65 bits per heavy atom. The highest BCUT2D eigenvalue weighted by atomic mass is 79.9. The van der Waals surface area contributed by atoms with Crippen LogP contribution in [0, 0.1) is 6.92 Å². The zero-order valence-electron chi connectivity index (χ0n) is 18.4. The van der Waals surface area contributed by atoms with Crippen molar-refractivity contribution in [2.24, 2.45) is 0 Å². The fourth-order valence-electron chi connectivity index (χ4n) is 4.16. The number of methoxy groups -OCH3 is 2. The van der Waals surface area contributed by atoms with Crippen molar-refractivity contribution in [3.8, 4) is 17.2 Å². The highest BCUT2D eigenvalue weighted by Gasteiger charge is 2.45. The van der Waals surface area contributed by atoms with Crippen molar-refractivity contribution in [2.45, 2.75) is 18.9 Å². The molecule has 2 aromatic heterocycles. The summed E-state index contributed by atoms with van der Waals surface area (Å²) in [6.07, 6.45) is -1.09. The molecule has 1 aliphatic heterocycles. The molecule has 2 aromatic carbocycles. The standard InChI is InChI=1S/C24H19BrN2O7/c1-11-8-17(27-34-11)26-23(28)22-18(12-9-14(25)21(31-3)16(10-12)30-2)19-20(33-22)13-6-4-5-7-15(13)32-24(19)29/h4-10,18,22H,1-3H3,(H,26,27,28)/t18-,22+/m0/s1. The number of anilines is 1. The van der Waals surface area contributed by atoms with E-state index < -0.39 is 23.6 Å². The Morgan fingerprint density at radius 2 is 1.94 bits per heavy atom. The first-order valence-corrected chi connectivity index (χ1v) is 11.1. The SMILES string of the molecule is COc1cc([C@H]2c3c(c4ccccc4oc3=O)O[C@H]2C(=O)Nc2cc(C)on2)cc(Br)c1OC. The third kappa shape index (κ3) is 3.60. The van der Waals surface area contributed by atoms with E-state index in [0.717, 1.165) is 0 Å². The highest BCUT2D eigenvalue weighted by molar-refractivity contribution is 9.10. The van der Waals surface area contributed by atoms with Gasteiger partial charge in [-0.3, -0.25) is 4.79 Å². The lowest BCUT2D eigenvalue weighted by Crippen LogP contribution is -2.35. The van der Waals surface area contributed by atoms with Crippen LogP contribution in [0.1, 0.15) is 22.8 Å². The number of aryl methyl sites for hydroxylation is 1. The molecule has 0 saturated heterocycles. The van der Waals surface area contributed by atoms with Crippen LogP contribution in [-0.4, -0.2) is 31.4 Å². The molecule has 0 aliphatic carbocycles. The monoisotopic (exact) mass is 526 g/mol. The molecule has 2 atom stereocenters. The van der Waals surface area contributed by atoms with Crippen molar-refractivity contribution in [1.29, 1.82) is 0 Å². The maximum Gasteiger partial charge on any atom is 0.344 e. The summed E-state index contributed by atoms with van der Waals surface area (Å²) in [6, 6.07) is 12.1. The van der Waals surface area contributed by atoms with E-state index in [0.29, 0.717) is 44.0 Å². The normalized spacial score (nSPS) is 16.7. The Bertz CT molecular complexity index is 1480. The van der Waals surface area contributed by atoms with E-state index in [4.69, 9.17) is 23.2 Å². The van der Waals surface area contributed by atoms with Crippen LogP contribution in [0.15, 0.2) is 60.7 Å². The van der Waals surface area contributed by atoms with E-state index in [2.05, 4.69) is 26.4 Å². The van der Waals surface area contributed by atoms with Gasteiger partial charge in [0.05, 0.1) is 35.6 Å². The number of nitrogens with one attached hydrogen (secondary N) is 1. The van der Waals surface area contributed by atoms with Crippen molar-refractivity contribution >= 4 is 38.6 Å². The molecule has 0 fully saturated rings. The van der Waals surface area contributed by atoms with E-state index in [1.807, 2.05) is 0 Å². The van der Waals surface area contributed by atoms with E-state index in [-0.39, 0.29) is 11.4 Å². The lowest BCUT2D eigenvalue weighted by atomic mass is 9.88. The van der Waals surface area contributed by atoms with Gasteiger partial charge in [-0.25, -0.2) is 4.79 Å². The number of amides is 1. The van der Waals surface area contributed by atoms with E-state index in [9.17, 15) is 9.59 Å². The van der Waals surface area contributed by atoms with Crippen LogP contribution in [0.25, 0.3) is 11.0 Å². The van der Waals surface area contributed by atoms with Crippen LogP contribution in [0.5, 0.6) is 17.2 Å². The molecule has 0 bridgehead atoms. The average molecular weight is 527 g/mol. The molecule has 0 spiro atoms. The number of fused-ring (bicyclic) bond motifs is 3. The Labute approximate surface area is 201 Å². The van der Waals surface area contributed by atoms with Gasteiger partial charge in [0, 0.05) is 6.07 Å². The van der Waals surface area contributed by atoms with Crippen LogP contribution < -0.4 is 25.2 Å². The summed E-state index contributed by atoms with van der Waals surface area (Å²) in [4.78, 5) is 26.5. The number of hydrogen-bond donors (Lipinski definition) is 1. The van der Waals surface area contributed by atoms with Crippen LogP contribution in [-0.2, 0) is 4.79 Å². The van der Waals surface area contributed by atoms with E-state index >= 15 is 0 Å². The molecule has 0 unspecified atom stereocenters. The summed E-state index contributed by atoms with van der Waals surface area (Å²) in [6.45, 7) is 1.71. The van der Waals surface area contributed by atoms with Gasteiger partial charge in [-0.05, 0) is 52.7 Å². The third-order valence-corrected chi connectivity index (χ3v) is 6.20. The fourth-order valence-corrected chi connectivity index (χ4v) is 4.79. The maximum atomic E-state index is 13.4. The van der Waals surface area contributed by atoms with E-state index in [1.165, 1.54) is 14.2 Å². The molecule has 9 nitrogen and oxygen atoms in total. The topological polar surface area (TPSA) is 113 Å². The van der Waals surface area contributed by atoms with Crippen LogP contribution in [0.2, 0.25) is 0 Å². The number of benzene rings is 2. The van der Waals surface area contributed by atoms with Gasteiger partial charge in [0.25, 0.3) is 5.91 Å². The Morgan fingerprint density at radius 1 is 1.15 bits per heavy atom. The molecule has 5 rings (SSSR count). The van der Waals surface area contributed by atoms with Crippen molar-refractivity contribution in [1.82, 2.24) is 5.16 Å². The largest absolute Gasteiger partial charge is 0.493 e. The lowest BCUT2D eigenvalue weighted by Gasteiger charge is -2.20. The van der Waals surface area contributed by atoms with Gasteiger partial charge in [-0.15, -0.1) is 0 Å². The number of nitrogens with zero attached hydrogens (tertiary/aromatic N) is 1. The second-order valence-electron chi connectivity index (χ2n) is 7.69. The minimum absolute atomic E-state index is 0.242. The fraction of sp³-hybridized carbons (Fsp3) is 0.208. The number of carbonyl (C=O) groups excluding carboxylic acids is 1. The summed E-state index contributed by atoms with van der Waals surface area (Å²) >= 11 is 3.49. The quantitative estimate of drug-likeness (QED) is 0.380. The predicted octanol–water partition coefficient (Wildman–Crippen LogP) is 4.40. The Kier molecular flexibility index (Phi) is 5.52. The minimum Gasteiger partial charge on any atom is -0.493 e. The van der Waals surface area contributed by atoms with Crippen LogP contribution in [0.3, 0.4) is 0 Å². The lowest BCUT2D eigenvalue weighted by molar-refractivity contribution is -0.122. The van der Waals surface area contributed by atoms with Crippen molar-refractivity contribution < 1.29 is 27.9 Å². The first-order valence-electron chi connectivity index (χ1n) is 10.3. The smallest absolute Gasteiger partial charge is 0.344 e. The molecule has 34 heavy (non-hydrogen) atoms. The summed E-state index contributed by atoms with van der Waals surface area (Å²) in [7, 11) is 3.03. The number of ether oxygens (including phenoxy) is 3. The van der Waals surface area contributed by atoms with Gasteiger partial charge in [0.1, 0.15) is 17.1 Å². The average Bonchev–Trinajstić information content (AvgIpc) is 3.42. The number of aromatic nitrogens is 1. The van der Waals surface area contributed by atoms with Crippen LogP contribution in [0.4, 0.5) is 5.82 Å².